The predicted octanol–water partition coefficient (Wildman–Crippen LogP) is 4.31. The number of rotatable bonds is 7. The number of anilines is 1. The van der Waals surface area contributed by atoms with E-state index in [1.54, 1.807) is 42.5 Å². The standard InChI is InChI=1S/C25H27N3O3/c1-18-7-5-6-10-23(18)28-25(30)20(16-26)15-19-11-13-22(14-12-19)31-17-24(29)27-21-8-3-2-4-9-21/h2-4,8-9,11-15,18,23H,5-7,10,17H2,1H3,(H,27,29)(H,28,30)/b20-15+/t18-,23-/m1/s1. The van der Waals surface area contributed by atoms with Crippen molar-refractivity contribution in [3.05, 3.63) is 65.7 Å². The molecule has 2 N–H and O–H groups in total. The number of nitrogens with zero attached hydrogens (tertiary/aromatic N) is 1. The Morgan fingerprint density at radius 3 is 2.48 bits per heavy atom. The number of ether oxygens (including phenoxy) is 1. The van der Waals surface area contributed by atoms with E-state index in [0.29, 0.717) is 22.9 Å². The number of nitriles is 1. The number of hydrogen-bond acceptors (Lipinski definition) is 4. The van der Waals surface area contributed by atoms with Crippen LogP contribution >= 0.6 is 0 Å². The van der Waals surface area contributed by atoms with Gasteiger partial charge in [-0.05, 0) is 54.7 Å². The minimum Gasteiger partial charge on any atom is -0.484 e. The summed E-state index contributed by atoms with van der Waals surface area (Å²) < 4.78 is 5.51. The lowest BCUT2D eigenvalue weighted by molar-refractivity contribution is -0.119. The van der Waals surface area contributed by atoms with Gasteiger partial charge in [0.25, 0.3) is 11.8 Å². The third-order valence-corrected chi connectivity index (χ3v) is 5.41. The van der Waals surface area contributed by atoms with Crippen LogP contribution in [0, 0.1) is 17.2 Å². The second-order valence-electron chi connectivity index (χ2n) is 7.78. The average molecular weight is 418 g/mol. The largest absolute Gasteiger partial charge is 0.484 e. The number of nitrogens with one attached hydrogen (secondary N) is 2. The minimum atomic E-state index is -0.334. The summed E-state index contributed by atoms with van der Waals surface area (Å²) in [6.45, 7) is 2.02. The summed E-state index contributed by atoms with van der Waals surface area (Å²) in [4.78, 5) is 24.5. The Morgan fingerprint density at radius 1 is 1.10 bits per heavy atom. The molecule has 0 aromatic heterocycles. The molecule has 3 rings (SSSR count). The van der Waals surface area contributed by atoms with E-state index < -0.39 is 0 Å². The normalized spacial score (nSPS) is 18.5. The number of para-hydroxylation sites is 1. The quantitative estimate of drug-likeness (QED) is 0.519. The van der Waals surface area contributed by atoms with E-state index in [1.807, 2.05) is 24.3 Å². The van der Waals surface area contributed by atoms with Crippen molar-refractivity contribution in [3.63, 3.8) is 0 Å². The van der Waals surface area contributed by atoms with E-state index in [-0.39, 0.29) is 30.0 Å². The highest BCUT2D eigenvalue weighted by atomic mass is 16.5. The van der Waals surface area contributed by atoms with Gasteiger partial charge in [-0.1, -0.05) is 50.1 Å². The zero-order valence-electron chi connectivity index (χ0n) is 17.6. The Balaban J connectivity index is 1.54. The maximum absolute atomic E-state index is 12.5. The third-order valence-electron chi connectivity index (χ3n) is 5.41. The smallest absolute Gasteiger partial charge is 0.262 e. The van der Waals surface area contributed by atoms with E-state index >= 15 is 0 Å². The van der Waals surface area contributed by atoms with Gasteiger partial charge in [-0.3, -0.25) is 9.59 Å². The first-order valence-corrected chi connectivity index (χ1v) is 10.6. The van der Waals surface area contributed by atoms with Crippen LogP contribution in [0.1, 0.15) is 38.2 Å². The summed E-state index contributed by atoms with van der Waals surface area (Å²) in [5.41, 5.74) is 1.50. The lowest BCUT2D eigenvalue weighted by atomic mass is 9.86. The molecule has 2 atom stereocenters. The maximum Gasteiger partial charge on any atom is 0.262 e. The summed E-state index contributed by atoms with van der Waals surface area (Å²) in [7, 11) is 0. The molecule has 1 saturated carbocycles. The Hall–Kier alpha value is -3.59. The third kappa shape index (κ3) is 6.71. The number of carbonyl (C=O) groups excluding carboxylic acids is 2. The molecular weight excluding hydrogens is 390 g/mol. The fourth-order valence-electron chi connectivity index (χ4n) is 3.62. The van der Waals surface area contributed by atoms with Crippen LogP contribution in [-0.4, -0.2) is 24.5 Å². The fourth-order valence-corrected chi connectivity index (χ4v) is 3.62. The molecule has 2 aromatic rings. The zero-order valence-corrected chi connectivity index (χ0v) is 17.6. The molecule has 2 amide bonds. The molecule has 0 bridgehead atoms. The minimum absolute atomic E-state index is 0.0775. The zero-order chi connectivity index (χ0) is 22.1. The summed E-state index contributed by atoms with van der Waals surface area (Å²) in [6.07, 6.45) is 5.91. The monoisotopic (exact) mass is 417 g/mol. The lowest BCUT2D eigenvalue weighted by Crippen LogP contribution is -2.41. The first-order chi connectivity index (χ1) is 15.0. The van der Waals surface area contributed by atoms with E-state index in [9.17, 15) is 14.9 Å². The number of carbonyl (C=O) groups is 2. The van der Waals surface area contributed by atoms with E-state index in [1.165, 1.54) is 6.42 Å². The molecule has 0 spiro atoms. The molecule has 0 saturated heterocycles. The van der Waals surface area contributed by atoms with Gasteiger partial charge in [0.2, 0.25) is 0 Å². The summed E-state index contributed by atoms with van der Waals surface area (Å²) >= 11 is 0. The molecule has 160 valence electrons. The van der Waals surface area contributed by atoms with Crippen LogP contribution in [0.5, 0.6) is 5.75 Å². The Bertz CT molecular complexity index is 962. The fraction of sp³-hybridized carbons (Fsp3) is 0.320. The van der Waals surface area contributed by atoms with Crippen molar-refractivity contribution in [1.82, 2.24) is 5.32 Å². The molecule has 6 heteroatoms. The summed E-state index contributed by atoms with van der Waals surface area (Å²) in [5, 5.41) is 15.2. The highest BCUT2D eigenvalue weighted by Crippen LogP contribution is 2.24. The lowest BCUT2D eigenvalue weighted by Gasteiger charge is -2.29. The van der Waals surface area contributed by atoms with Gasteiger partial charge in [0, 0.05) is 11.7 Å². The van der Waals surface area contributed by atoms with Gasteiger partial charge in [-0.15, -0.1) is 0 Å². The molecule has 6 nitrogen and oxygen atoms in total. The maximum atomic E-state index is 12.5. The molecular formula is C25H27N3O3. The van der Waals surface area contributed by atoms with Gasteiger partial charge >= 0.3 is 0 Å². The van der Waals surface area contributed by atoms with Crippen LogP contribution in [-0.2, 0) is 9.59 Å². The second-order valence-corrected chi connectivity index (χ2v) is 7.78. The number of benzene rings is 2. The van der Waals surface area contributed by atoms with Crippen LogP contribution in [0.3, 0.4) is 0 Å². The van der Waals surface area contributed by atoms with Crippen molar-refractivity contribution in [3.8, 4) is 11.8 Å². The van der Waals surface area contributed by atoms with Gasteiger partial charge in [0.05, 0.1) is 0 Å². The van der Waals surface area contributed by atoms with Crippen LogP contribution < -0.4 is 15.4 Å². The highest BCUT2D eigenvalue weighted by molar-refractivity contribution is 6.01. The molecule has 0 unspecified atom stereocenters. The summed E-state index contributed by atoms with van der Waals surface area (Å²) in [5.74, 6) is 0.363. The molecule has 31 heavy (non-hydrogen) atoms. The van der Waals surface area contributed by atoms with Crippen molar-refractivity contribution in [1.29, 1.82) is 5.26 Å². The molecule has 1 aliphatic carbocycles. The van der Waals surface area contributed by atoms with Crippen LogP contribution in [0.15, 0.2) is 60.2 Å². The number of amides is 2. The topological polar surface area (TPSA) is 91.2 Å². The van der Waals surface area contributed by atoms with Gasteiger partial charge < -0.3 is 15.4 Å². The molecule has 2 aromatic carbocycles. The predicted molar refractivity (Wildman–Crippen MR) is 120 cm³/mol. The molecule has 1 aliphatic rings. The van der Waals surface area contributed by atoms with Gasteiger partial charge in [0.1, 0.15) is 17.4 Å². The molecule has 0 aliphatic heterocycles. The van der Waals surface area contributed by atoms with Crippen molar-refractivity contribution >= 4 is 23.6 Å². The van der Waals surface area contributed by atoms with Crippen molar-refractivity contribution in [2.24, 2.45) is 5.92 Å². The number of hydrogen-bond donors (Lipinski definition) is 2. The first kappa shape index (κ1) is 22.1. The van der Waals surface area contributed by atoms with E-state index in [0.717, 1.165) is 19.3 Å². The van der Waals surface area contributed by atoms with Gasteiger partial charge in [0.15, 0.2) is 6.61 Å². The van der Waals surface area contributed by atoms with Crippen LogP contribution in [0.4, 0.5) is 5.69 Å². The van der Waals surface area contributed by atoms with Crippen molar-refractivity contribution < 1.29 is 14.3 Å². The van der Waals surface area contributed by atoms with Crippen LogP contribution in [0.25, 0.3) is 6.08 Å². The highest BCUT2D eigenvalue weighted by Gasteiger charge is 2.24. The SMILES string of the molecule is C[C@@H]1CCCC[C@H]1NC(=O)/C(C#N)=C/c1ccc(OCC(=O)Nc2ccccc2)cc1. The second kappa shape index (κ2) is 11.0. The van der Waals surface area contributed by atoms with E-state index in [4.69, 9.17) is 4.74 Å². The van der Waals surface area contributed by atoms with Crippen molar-refractivity contribution in [2.45, 2.75) is 38.6 Å². The van der Waals surface area contributed by atoms with Crippen molar-refractivity contribution in [2.75, 3.05) is 11.9 Å². The Morgan fingerprint density at radius 2 is 1.81 bits per heavy atom. The first-order valence-electron chi connectivity index (χ1n) is 10.6. The van der Waals surface area contributed by atoms with E-state index in [2.05, 4.69) is 17.6 Å². The Labute approximate surface area is 182 Å². The Kier molecular flexibility index (Phi) is 7.83. The average Bonchev–Trinajstić information content (AvgIpc) is 2.79. The molecule has 0 radical (unpaired) electrons. The van der Waals surface area contributed by atoms with Crippen LogP contribution in [0.2, 0.25) is 0 Å². The van der Waals surface area contributed by atoms with Gasteiger partial charge in [-0.2, -0.15) is 5.26 Å². The molecule has 0 heterocycles. The van der Waals surface area contributed by atoms with Gasteiger partial charge in [-0.25, -0.2) is 0 Å². The molecule has 1 fully saturated rings. The summed E-state index contributed by atoms with van der Waals surface area (Å²) in [6, 6.07) is 18.2.